The SMILES string of the molecule is COC(=O)[C@@]12COC[C@@H]1CN(C(=O)CCc1nc(Cl)n[nH]1)C2.Cl. The van der Waals surface area contributed by atoms with Crippen molar-refractivity contribution >= 4 is 35.9 Å². The van der Waals surface area contributed by atoms with Crippen molar-refractivity contribution in [2.24, 2.45) is 11.3 Å². The fraction of sp³-hybridized carbons (Fsp3) is 0.692. The van der Waals surface area contributed by atoms with Gasteiger partial charge in [-0.3, -0.25) is 14.7 Å². The molecule has 0 aliphatic carbocycles. The predicted octanol–water partition coefficient (Wildman–Crippen LogP) is 0.460. The Morgan fingerprint density at radius 1 is 1.57 bits per heavy atom. The van der Waals surface area contributed by atoms with E-state index in [1.165, 1.54) is 7.11 Å². The van der Waals surface area contributed by atoms with Gasteiger partial charge in [0.15, 0.2) is 0 Å². The van der Waals surface area contributed by atoms with Crippen molar-refractivity contribution in [3.63, 3.8) is 0 Å². The summed E-state index contributed by atoms with van der Waals surface area (Å²) >= 11 is 5.62. The van der Waals surface area contributed by atoms with E-state index in [4.69, 9.17) is 21.1 Å². The molecule has 1 aromatic heterocycles. The van der Waals surface area contributed by atoms with E-state index in [9.17, 15) is 9.59 Å². The molecular weight excluding hydrogens is 347 g/mol. The predicted molar refractivity (Wildman–Crippen MR) is 82.3 cm³/mol. The number of fused-ring (bicyclic) bond motifs is 1. The molecule has 2 aliphatic heterocycles. The van der Waals surface area contributed by atoms with E-state index in [1.807, 2.05) is 0 Å². The third-order valence-corrected chi connectivity index (χ3v) is 4.57. The summed E-state index contributed by atoms with van der Waals surface area (Å²) in [6, 6.07) is 0. The Morgan fingerprint density at radius 3 is 3.00 bits per heavy atom. The van der Waals surface area contributed by atoms with Crippen LogP contribution in [0.3, 0.4) is 0 Å². The minimum Gasteiger partial charge on any atom is -0.468 e. The van der Waals surface area contributed by atoms with Crippen molar-refractivity contribution in [1.29, 1.82) is 0 Å². The molecule has 0 unspecified atom stereocenters. The van der Waals surface area contributed by atoms with Crippen LogP contribution in [0.5, 0.6) is 0 Å². The van der Waals surface area contributed by atoms with Crippen LogP contribution in [0, 0.1) is 11.3 Å². The molecule has 2 saturated heterocycles. The van der Waals surface area contributed by atoms with Crippen LogP contribution in [0.4, 0.5) is 0 Å². The Morgan fingerprint density at radius 2 is 2.35 bits per heavy atom. The molecule has 2 atom stereocenters. The molecule has 2 aliphatic rings. The van der Waals surface area contributed by atoms with Gasteiger partial charge in [-0.1, -0.05) is 0 Å². The number of methoxy groups -OCH3 is 1. The van der Waals surface area contributed by atoms with E-state index in [0.29, 0.717) is 38.5 Å². The molecule has 8 nitrogen and oxygen atoms in total. The van der Waals surface area contributed by atoms with Gasteiger partial charge in [-0.05, 0) is 11.6 Å². The molecule has 3 heterocycles. The number of aromatic nitrogens is 3. The van der Waals surface area contributed by atoms with Crippen LogP contribution in [0.25, 0.3) is 0 Å². The number of likely N-dealkylation sites (tertiary alicyclic amines) is 1. The number of hydrogen-bond acceptors (Lipinski definition) is 6. The summed E-state index contributed by atoms with van der Waals surface area (Å²) in [4.78, 5) is 30.1. The van der Waals surface area contributed by atoms with Crippen molar-refractivity contribution < 1.29 is 19.1 Å². The summed E-state index contributed by atoms with van der Waals surface area (Å²) in [6.45, 7) is 1.66. The Hall–Kier alpha value is -1.38. The summed E-state index contributed by atoms with van der Waals surface area (Å²) in [6.07, 6.45) is 0.720. The Kier molecular flexibility index (Phi) is 5.49. The number of aryl methyl sites for hydroxylation is 1. The minimum atomic E-state index is -0.708. The highest BCUT2D eigenvalue weighted by atomic mass is 35.5. The number of nitrogens with zero attached hydrogens (tertiary/aromatic N) is 3. The first-order chi connectivity index (χ1) is 10.5. The Labute approximate surface area is 144 Å². The third-order valence-electron chi connectivity index (χ3n) is 4.40. The first kappa shape index (κ1) is 18.0. The fourth-order valence-electron chi connectivity index (χ4n) is 3.18. The molecule has 0 saturated carbocycles. The first-order valence-electron chi connectivity index (χ1n) is 7.06. The summed E-state index contributed by atoms with van der Waals surface area (Å²) in [5.74, 6) is 0.255. The zero-order chi connectivity index (χ0) is 15.7. The molecule has 2 fully saturated rings. The van der Waals surface area contributed by atoms with E-state index < -0.39 is 5.41 Å². The van der Waals surface area contributed by atoms with E-state index in [2.05, 4.69) is 15.2 Å². The quantitative estimate of drug-likeness (QED) is 0.779. The number of carbonyl (C=O) groups excluding carboxylic acids is 2. The maximum atomic E-state index is 12.3. The zero-order valence-electron chi connectivity index (χ0n) is 12.6. The average molecular weight is 365 g/mol. The largest absolute Gasteiger partial charge is 0.468 e. The number of H-pyrrole nitrogens is 1. The summed E-state index contributed by atoms with van der Waals surface area (Å²) in [5.41, 5.74) is -0.708. The number of nitrogens with one attached hydrogen (secondary N) is 1. The molecule has 1 aromatic rings. The van der Waals surface area contributed by atoms with Gasteiger partial charge in [0.2, 0.25) is 11.2 Å². The van der Waals surface area contributed by atoms with Crippen LogP contribution in [0.2, 0.25) is 5.28 Å². The number of hydrogen-bond donors (Lipinski definition) is 1. The highest BCUT2D eigenvalue weighted by Gasteiger charge is 2.57. The second kappa shape index (κ2) is 7.02. The van der Waals surface area contributed by atoms with Crippen LogP contribution < -0.4 is 0 Å². The number of esters is 1. The van der Waals surface area contributed by atoms with Crippen molar-refractivity contribution in [2.45, 2.75) is 12.8 Å². The maximum absolute atomic E-state index is 12.3. The second-order valence-electron chi connectivity index (χ2n) is 5.69. The topological polar surface area (TPSA) is 97.4 Å². The Bertz CT molecular complexity index is 596. The minimum absolute atomic E-state index is 0. The highest BCUT2D eigenvalue weighted by molar-refractivity contribution is 6.28. The van der Waals surface area contributed by atoms with Gasteiger partial charge in [0.1, 0.15) is 11.2 Å². The van der Waals surface area contributed by atoms with Gasteiger partial charge in [-0.15, -0.1) is 17.5 Å². The zero-order valence-corrected chi connectivity index (χ0v) is 14.2. The van der Waals surface area contributed by atoms with Crippen molar-refractivity contribution in [3.8, 4) is 0 Å². The second-order valence-corrected chi connectivity index (χ2v) is 6.02. The fourth-order valence-corrected chi connectivity index (χ4v) is 3.33. The Balaban J connectivity index is 0.00000192. The number of rotatable bonds is 4. The molecule has 0 bridgehead atoms. The van der Waals surface area contributed by atoms with Crippen LogP contribution in [0.15, 0.2) is 0 Å². The van der Waals surface area contributed by atoms with E-state index >= 15 is 0 Å². The third kappa shape index (κ3) is 3.29. The lowest BCUT2D eigenvalue weighted by molar-refractivity contribution is -0.153. The van der Waals surface area contributed by atoms with Crippen LogP contribution >= 0.6 is 24.0 Å². The molecule has 0 aromatic carbocycles. The number of aromatic amines is 1. The van der Waals surface area contributed by atoms with Crippen molar-refractivity contribution in [1.82, 2.24) is 20.1 Å². The molecule has 1 N–H and O–H groups in total. The van der Waals surface area contributed by atoms with Crippen LogP contribution in [-0.4, -0.2) is 65.4 Å². The van der Waals surface area contributed by atoms with Crippen molar-refractivity contribution in [3.05, 3.63) is 11.1 Å². The highest BCUT2D eigenvalue weighted by Crippen LogP contribution is 2.42. The van der Waals surface area contributed by atoms with Gasteiger partial charge in [0.25, 0.3) is 0 Å². The standard InChI is InChI=1S/C13H17ClN4O4.ClH/c1-21-11(20)13-6-18(4-8(13)5-22-7-13)10(19)3-2-9-15-12(14)17-16-9;/h8H,2-7H2,1H3,(H,15,16,17);1H/t8-,13-;/m0./s1. The number of amides is 1. The number of ether oxygens (including phenoxy) is 2. The maximum Gasteiger partial charge on any atom is 0.316 e. The molecule has 0 spiro atoms. The lowest BCUT2D eigenvalue weighted by Gasteiger charge is -2.23. The van der Waals surface area contributed by atoms with Gasteiger partial charge in [-0.2, -0.15) is 0 Å². The molecule has 1 amide bonds. The lowest BCUT2D eigenvalue weighted by atomic mass is 9.81. The number of halogens is 2. The van der Waals surface area contributed by atoms with Gasteiger partial charge in [0.05, 0.1) is 20.3 Å². The molecular formula is C13H18Cl2N4O4. The van der Waals surface area contributed by atoms with Gasteiger partial charge in [0, 0.05) is 31.8 Å². The molecule has 128 valence electrons. The monoisotopic (exact) mass is 364 g/mol. The van der Waals surface area contributed by atoms with Crippen molar-refractivity contribution in [2.75, 3.05) is 33.4 Å². The molecule has 3 rings (SSSR count). The lowest BCUT2D eigenvalue weighted by Crippen LogP contribution is -2.41. The number of carbonyl (C=O) groups is 2. The van der Waals surface area contributed by atoms with Crippen LogP contribution in [0.1, 0.15) is 12.2 Å². The molecule has 0 radical (unpaired) electrons. The summed E-state index contributed by atoms with van der Waals surface area (Å²) in [7, 11) is 1.37. The van der Waals surface area contributed by atoms with Crippen LogP contribution in [-0.2, 0) is 25.5 Å². The van der Waals surface area contributed by atoms with E-state index in [0.717, 1.165) is 0 Å². The molecule has 23 heavy (non-hydrogen) atoms. The van der Waals surface area contributed by atoms with E-state index in [1.54, 1.807) is 4.90 Å². The van der Waals surface area contributed by atoms with Gasteiger partial charge >= 0.3 is 5.97 Å². The average Bonchev–Trinajstić information content (AvgIpc) is 3.17. The smallest absolute Gasteiger partial charge is 0.316 e. The first-order valence-corrected chi connectivity index (χ1v) is 7.43. The summed E-state index contributed by atoms with van der Waals surface area (Å²) < 4.78 is 10.3. The normalized spacial score (nSPS) is 25.8. The van der Waals surface area contributed by atoms with Gasteiger partial charge < -0.3 is 14.4 Å². The van der Waals surface area contributed by atoms with E-state index in [-0.39, 0.29) is 41.9 Å². The summed E-state index contributed by atoms with van der Waals surface area (Å²) in [5, 5.41) is 6.52. The van der Waals surface area contributed by atoms with Gasteiger partial charge in [-0.25, -0.2) is 4.98 Å². The molecule has 10 heteroatoms.